The van der Waals surface area contributed by atoms with Crippen LogP contribution in [0.4, 0.5) is 4.79 Å². The molecule has 8 nitrogen and oxygen atoms in total. The van der Waals surface area contributed by atoms with E-state index in [9.17, 15) is 20.0 Å². The first-order valence-corrected chi connectivity index (χ1v) is 6.88. The van der Waals surface area contributed by atoms with E-state index in [4.69, 9.17) is 9.47 Å². The van der Waals surface area contributed by atoms with E-state index >= 15 is 0 Å². The molecule has 1 heterocycles. The van der Waals surface area contributed by atoms with Crippen LogP contribution in [0.2, 0.25) is 0 Å². The summed E-state index contributed by atoms with van der Waals surface area (Å²) in [6.45, 7) is 8.36. The van der Waals surface area contributed by atoms with Crippen molar-refractivity contribution in [1.29, 1.82) is 0 Å². The number of aliphatic hydroxyl groups excluding tert-OH is 1. The van der Waals surface area contributed by atoms with Crippen molar-refractivity contribution in [3.8, 4) is 0 Å². The van der Waals surface area contributed by atoms with Crippen LogP contribution in [0.5, 0.6) is 0 Å². The quantitative estimate of drug-likeness (QED) is 0.622. The lowest BCUT2D eigenvalue weighted by Crippen LogP contribution is -2.50. The molecular formula is C13H24N2O6. The summed E-state index contributed by atoms with van der Waals surface area (Å²) >= 11 is 0. The molecular weight excluding hydrogens is 280 g/mol. The SMILES string of the molecule is CC(C)(C)OC(=O)N1[C@@H](C[C@H](O)C[N+](=O)[O-])COC1(C)C. The molecule has 1 saturated heterocycles. The van der Waals surface area contributed by atoms with Gasteiger partial charge in [-0.15, -0.1) is 0 Å². The van der Waals surface area contributed by atoms with E-state index in [1.54, 1.807) is 34.6 Å². The molecule has 0 bridgehead atoms. The van der Waals surface area contributed by atoms with Gasteiger partial charge in [0.05, 0.1) is 12.6 Å². The van der Waals surface area contributed by atoms with Crippen molar-refractivity contribution in [1.82, 2.24) is 4.90 Å². The van der Waals surface area contributed by atoms with Gasteiger partial charge in [-0.05, 0) is 34.6 Å². The van der Waals surface area contributed by atoms with Crippen LogP contribution >= 0.6 is 0 Å². The molecule has 1 rings (SSSR count). The number of carbonyl (C=O) groups excluding carboxylic acids is 1. The van der Waals surface area contributed by atoms with Crippen molar-refractivity contribution in [2.75, 3.05) is 13.2 Å². The van der Waals surface area contributed by atoms with Crippen LogP contribution < -0.4 is 0 Å². The highest BCUT2D eigenvalue weighted by atomic mass is 16.6. The Morgan fingerprint density at radius 2 is 2.14 bits per heavy atom. The van der Waals surface area contributed by atoms with Crippen molar-refractivity contribution in [2.24, 2.45) is 0 Å². The van der Waals surface area contributed by atoms with Gasteiger partial charge in [-0.2, -0.15) is 0 Å². The number of aliphatic hydroxyl groups is 1. The molecule has 1 amide bonds. The maximum Gasteiger partial charge on any atom is 0.412 e. The molecule has 1 aliphatic heterocycles. The van der Waals surface area contributed by atoms with E-state index in [-0.39, 0.29) is 13.0 Å². The van der Waals surface area contributed by atoms with E-state index < -0.39 is 41.0 Å². The highest BCUT2D eigenvalue weighted by molar-refractivity contribution is 5.69. The van der Waals surface area contributed by atoms with Crippen LogP contribution in [-0.2, 0) is 9.47 Å². The van der Waals surface area contributed by atoms with Crippen LogP contribution in [0.3, 0.4) is 0 Å². The number of nitro groups is 1. The fourth-order valence-electron chi connectivity index (χ4n) is 2.30. The lowest BCUT2D eigenvalue weighted by atomic mass is 10.1. The number of hydrogen-bond donors (Lipinski definition) is 1. The zero-order chi connectivity index (χ0) is 16.4. The minimum Gasteiger partial charge on any atom is -0.444 e. The minimum absolute atomic E-state index is 0.0731. The van der Waals surface area contributed by atoms with Gasteiger partial charge in [0.1, 0.15) is 17.4 Å². The molecule has 0 aromatic carbocycles. The monoisotopic (exact) mass is 304 g/mol. The lowest BCUT2D eigenvalue weighted by Gasteiger charge is -2.35. The van der Waals surface area contributed by atoms with Gasteiger partial charge in [0.25, 0.3) is 0 Å². The van der Waals surface area contributed by atoms with Crippen molar-refractivity contribution in [3.05, 3.63) is 10.1 Å². The fourth-order valence-corrected chi connectivity index (χ4v) is 2.30. The number of amides is 1. The summed E-state index contributed by atoms with van der Waals surface area (Å²) in [6.07, 6.45) is -1.61. The number of hydrogen-bond acceptors (Lipinski definition) is 6. The standard InChI is InChI=1S/C13H24N2O6/c1-12(2,3)21-11(17)15-9(8-20-13(15,4)5)6-10(16)7-14(18)19/h9-10,16H,6-8H2,1-5H3/t9-,10-/m0/s1. The van der Waals surface area contributed by atoms with Crippen molar-refractivity contribution in [3.63, 3.8) is 0 Å². The molecule has 0 aromatic rings. The number of rotatable bonds is 4. The average molecular weight is 304 g/mol. The molecule has 8 heteroatoms. The summed E-state index contributed by atoms with van der Waals surface area (Å²) < 4.78 is 10.9. The average Bonchev–Trinajstić information content (AvgIpc) is 2.49. The Kier molecular flexibility index (Phi) is 5.16. The Balaban J connectivity index is 2.79. The van der Waals surface area contributed by atoms with Gasteiger partial charge in [-0.25, -0.2) is 4.79 Å². The summed E-state index contributed by atoms with van der Waals surface area (Å²) in [5.41, 5.74) is -1.53. The molecule has 2 atom stereocenters. The third kappa shape index (κ3) is 5.13. The molecule has 0 radical (unpaired) electrons. The largest absolute Gasteiger partial charge is 0.444 e. The van der Waals surface area contributed by atoms with Crippen LogP contribution in [0.1, 0.15) is 41.0 Å². The first-order valence-electron chi connectivity index (χ1n) is 6.88. The number of ether oxygens (including phenoxy) is 2. The second-order valence-corrected chi connectivity index (χ2v) is 6.67. The van der Waals surface area contributed by atoms with Gasteiger partial charge in [0.2, 0.25) is 6.54 Å². The van der Waals surface area contributed by atoms with E-state index in [0.29, 0.717) is 0 Å². The third-order valence-corrected chi connectivity index (χ3v) is 3.07. The summed E-state index contributed by atoms with van der Waals surface area (Å²) in [7, 11) is 0. The Morgan fingerprint density at radius 3 is 2.62 bits per heavy atom. The highest BCUT2D eigenvalue weighted by Crippen LogP contribution is 2.31. The smallest absolute Gasteiger partial charge is 0.412 e. The Bertz CT molecular complexity index is 404. The topological polar surface area (TPSA) is 102 Å². The fraction of sp³-hybridized carbons (Fsp3) is 0.923. The third-order valence-electron chi connectivity index (χ3n) is 3.07. The van der Waals surface area contributed by atoms with Gasteiger partial charge in [0.15, 0.2) is 0 Å². The zero-order valence-electron chi connectivity index (χ0n) is 13.2. The highest BCUT2D eigenvalue weighted by Gasteiger charge is 2.46. The van der Waals surface area contributed by atoms with Gasteiger partial charge in [0, 0.05) is 11.3 Å². The van der Waals surface area contributed by atoms with Crippen LogP contribution in [0.25, 0.3) is 0 Å². The van der Waals surface area contributed by atoms with E-state index in [1.165, 1.54) is 4.90 Å². The van der Waals surface area contributed by atoms with Crippen LogP contribution in [-0.4, -0.2) is 57.6 Å². The zero-order valence-corrected chi connectivity index (χ0v) is 13.2. The summed E-state index contributed by atoms with van der Waals surface area (Å²) in [6, 6.07) is -0.454. The van der Waals surface area contributed by atoms with Crippen molar-refractivity contribution >= 4 is 6.09 Å². The molecule has 1 N–H and O–H groups in total. The number of carbonyl (C=O) groups is 1. The van der Waals surface area contributed by atoms with Crippen LogP contribution in [0.15, 0.2) is 0 Å². The maximum atomic E-state index is 12.3. The Labute approximate surface area is 124 Å². The van der Waals surface area contributed by atoms with E-state index in [0.717, 1.165) is 0 Å². The number of nitrogens with zero attached hydrogens (tertiary/aromatic N) is 2. The van der Waals surface area contributed by atoms with Crippen molar-refractivity contribution in [2.45, 2.75) is 64.5 Å². The Hall–Kier alpha value is -1.41. The molecule has 122 valence electrons. The molecule has 21 heavy (non-hydrogen) atoms. The molecule has 0 unspecified atom stereocenters. The Morgan fingerprint density at radius 1 is 1.57 bits per heavy atom. The van der Waals surface area contributed by atoms with Crippen molar-refractivity contribution < 1.29 is 24.3 Å². The first-order chi connectivity index (χ1) is 9.42. The van der Waals surface area contributed by atoms with Crippen LogP contribution in [0, 0.1) is 10.1 Å². The normalized spacial score (nSPS) is 23.0. The minimum atomic E-state index is -1.13. The molecule has 0 aliphatic carbocycles. The maximum absolute atomic E-state index is 12.3. The summed E-state index contributed by atoms with van der Waals surface area (Å²) in [5.74, 6) is 0. The molecule has 1 fully saturated rings. The molecule has 0 saturated carbocycles. The predicted molar refractivity (Wildman–Crippen MR) is 74.4 cm³/mol. The second kappa shape index (κ2) is 6.15. The summed E-state index contributed by atoms with van der Waals surface area (Å²) in [4.78, 5) is 23.5. The predicted octanol–water partition coefficient (Wildman–Crippen LogP) is 1.39. The van der Waals surface area contributed by atoms with Gasteiger partial charge < -0.3 is 14.6 Å². The van der Waals surface area contributed by atoms with Gasteiger partial charge in [-0.3, -0.25) is 15.0 Å². The van der Waals surface area contributed by atoms with E-state index in [2.05, 4.69) is 0 Å². The van der Waals surface area contributed by atoms with E-state index in [1.807, 2.05) is 0 Å². The lowest BCUT2D eigenvalue weighted by molar-refractivity contribution is -0.490. The molecule has 1 aliphatic rings. The van der Waals surface area contributed by atoms with Gasteiger partial charge in [-0.1, -0.05) is 0 Å². The molecule has 0 spiro atoms. The van der Waals surface area contributed by atoms with Gasteiger partial charge >= 0.3 is 6.09 Å². The first kappa shape index (κ1) is 17.6. The summed E-state index contributed by atoms with van der Waals surface area (Å²) in [5, 5.41) is 20.1. The second-order valence-electron chi connectivity index (χ2n) is 6.67. The molecule has 0 aromatic heterocycles.